The Morgan fingerprint density at radius 1 is 1.36 bits per heavy atom. The lowest BCUT2D eigenvalue weighted by molar-refractivity contribution is -0.141. The molecule has 0 aromatic carbocycles. The van der Waals surface area contributed by atoms with E-state index in [0.29, 0.717) is 13.2 Å². The lowest BCUT2D eigenvalue weighted by atomic mass is 10.5. The second kappa shape index (κ2) is 8.01. The summed E-state index contributed by atoms with van der Waals surface area (Å²) in [5, 5.41) is 0.251. The highest BCUT2D eigenvalue weighted by molar-refractivity contribution is 9.09. The fraction of sp³-hybridized carbons (Fsp3) is 0.857. The molecule has 0 amide bonds. The predicted octanol–water partition coefficient (Wildman–Crippen LogP) is 1.35. The molecular weight excluding hydrogens is 212 g/mol. The van der Waals surface area contributed by atoms with Gasteiger partial charge in [-0.25, -0.2) is 0 Å². The minimum Gasteiger partial charge on any atom is -0.463 e. The molecule has 66 valence electrons. The van der Waals surface area contributed by atoms with Gasteiger partial charge in [0.1, 0.15) is 11.9 Å². The molecule has 0 bridgehead atoms. The standard InChI is InChI=1S/C7H13BrO3/c1-2-3-10-4-5-11-7(9)6-8/h2-6H2,1H3. The smallest absolute Gasteiger partial charge is 0.316 e. The first-order chi connectivity index (χ1) is 5.31. The quantitative estimate of drug-likeness (QED) is 0.389. The number of alkyl halides is 1. The SMILES string of the molecule is CCCOCCOC(=O)CBr. The highest BCUT2D eigenvalue weighted by Crippen LogP contribution is 1.86. The number of halogens is 1. The van der Waals surface area contributed by atoms with Gasteiger partial charge in [-0.1, -0.05) is 22.9 Å². The molecule has 0 heterocycles. The summed E-state index contributed by atoms with van der Waals surface area (Å²) in [6, 6.07) is 0. The van der Waals surface area contributed by atoms with Gasteiger partial charge in [0.05, 0.1) is 6.61 Å². The van der Waals surface area contributed by atoms with E-state index in [1.165, 1.54) is 0 Å². The maximum atomic E-state index is 10.5. The van der Waals surface area contributed by atoms with Gasteiger partial charge < -0.3 is 9.47 Å². The number of hydrogen-bond donors (Lipinski definition) is 0. The van der Waals surface area contributed by atoms with E-state index in [1.807, 2.05) is 6.92 Å². The molecule has 4 heteroatoms. The Hall–Kier alpha value is -0.0900. The first-order valence-corrected chi connectivity index (χ1v) is 4.72. The normalized spacial score (nSPS) is 9.64. The number of ether oxygens (including phenoxy) is 2. The van der Waals surface area contributed by atoms with Crippen LogP contribution in [0.15, 0.2) is 0 Å². The van der Waals surface area contributed by atoms with Gasteiger partial charge in [0.25, 0.3) is 0 Å². The van der Waals surface area contributed by atoms with Crippen LogP contribution >= 0.6 is 15.9 Å². The summed E-state index contributed by atoms with van der Waals surface area (Å²) in [6.07, 6.45) is 0.992. The van der Waals surface area contributed by atoms with E-state index in [-0.39, 0.29) is 11.3 Å². The van der Waals surface area contributed by atoms with Crippen LogP contribution in [0.3, 0.4) is 0 Å². The molecule has 0 fully saturated rings. The summed E-state index contributed by atoms with van der Waals surface area (Å²) >= 11 is 2.98. The zero-order chi connectivity index (χ0) is 8.53. The van der Waals surface area contributed by atoms with Crippen molar-refractivity contribution in [1.29, 1.82) is 0 Å². The highest BCUT2D eigenvalue weighted by Gasteiger charge is 1.97. The zero-order valence-electron chi connectivity index (χ0n) is 6.64. The van der Waals surface area contributed by atoms with Gasteiger partial charge in [-0.3, -0.25) is 4.79 Å². The van der Waals surface area contributed by atoms with Crippen LogP contribution in [0.4, 0.5) is 0 Å². The van der Waals surface area contributed by atoms with Crippen LogP contribution in [0.2, 0.25) is 0 Å². The second-order valence-corrected chi connectivity index (χ2v) is 2.53. The molecule has 0 aliphatic rings. The molecule has 0 unspecified atom stereocenters. The van der Waals surface area contributed by atoms with Crippen molar-refractivity contribution in [2.45, 2.75) is 13.3 Å². The fourth-order valence-corrected chi connectivity index (χ4v) is 0.661. The van der Waals surface area contributed by atoms with E-state index in [1.54, 1.807) is 0 Å². The average Bonchev–Trinajstić information content (AvgIpc) is 2.04. The van der Waals surface area contributed by atoms with Gasteiger partial charge in [-0.15, -0.1) is 0 Å². The van der Waals surface area contributed by atoms with E-state index in [0.717, 1.165) is 13.0 Å². The van der Waals surface area contributed by atoms with Crippen molar-refractivity contribution < 1.29 is 14.3 Å². The maximum absolute atomic E-state index is 10.5. The van der Waals surface area contributed by atoms with E-state index in [2.05, 4.69) is 15.9 Å². The third-order valence-corrected chi connectivity index (χ3v) is 1.41. The first kappa shape index (κ1) is 10.9. The van der Waals surface area contributed by atoms with Crippen molar-refractivity contribution >= 4 is 21.9 Å². The Morgan fingerprint density at radius 3 is 2.64 bits per heavy atom. The fourth-order valence-electron chi connectivity index (χ4n) is 0.499. The van der Waals surface area contributed by atoms with Crippen LogP contribution in [0.1, 0.15) is 13.3 Å². The predicted molar refractivity (Wildman–Crippen MR) is 45.9 cm³/mol. The summed E-state index contributed by atoms with van der Waals surface area (Å²) < 4.78 is 9.81. The Labute approximate surface area is 75.2 Å². The minimum atomic E-state index is -0.245. The molecular formula is C7H13BrO3. The van der Waals surface area contributed by atoms with Crippen LogP contribution in [0.25, 0.3) is 0 Å². The van der Waals surface area contributed by atoms with Gasteiger partial charge in [-0.05, 0) is 6.42 Å². The number of esters is 1. The summed E-state index contributed by atoms with van der Waals surface area (Å²) in [7, 11) is 0. The average molecular weight is 225 g/mol. The van der Waals surface area contributed by atoms with Crippen LogP contribution in [-0.2, 0) is 14.3 Å². The Morgan fingerprint density at radius 2 is 2.09 bits per heavy atom. The van der Waals surface area contributed by atoms with Crippen molar-refractivity contribution in [2.75, 3.05) is 25.2 Å². The minimum absolute atomic E-state index is 0.245. The molecule has 0 rings (SSSR count). The number of hydrogen-bond acceptors (Lipinski definition) is 3. The molecule has 0 aromatic heterocycles. The summed E-state index contributed by atoms with van der Waals surface area (Å²) in [5.74, 6) is -0.245. The van der Waals surface area contributed by atoms with Gasteiger partial charge in [0, 0.05) is 6.61 Å². The van der Waals surface area contributed by atoms with Crippen molar-refractivity contribution in [1.82, 2.24) is 0 Å². The van der Waals surface area contributed by atoms with Gasteiger partial charge in [-0.2, -0.15) is 0 Å². The molecule has 0 spiro atoms. The molecule has 0 atom stereocenters. The van der Waals surface area contributed by atoms with Crippen molar-refractivity contribution in [2.24, 2.45) is 0 Å². The van der Waals surface area contributed by atoms with E-state index < -0.39 is 0 Å². The van der Waals surface area contributed by atoms with E-state index >= 15 is 0 Å². The number of carbonyl (C=O) groups is 1. The molecule has 3 nitrogen and oxygen atoms in total. The van der Waals surface area contributed by atoms with Crippen molar-refractivity contribution in [3.05, 3.63) is 0 Å². The molecule has 0 saturated carbocycles. The molecule has 11 heavy (non-hydrogen) atoms. The molecule has 0 aliphatic heterocycles. The first-order valence-electron chi connectivity index (χ1n) is 3.60. The number of carbonyl (C=O) groups excluding carboxylic acids is 1. The Balaban J connectivity index is 2.95. The van der Waals surface area contributed by atoms with Gasteiger partial charge in [0.15, 0.2) is 0 Å². The van der Waals surface area contributed by atoms with Crippen LogP contribution in [0.5, 0.6) is 0 Å². The largest absolute Gasteiger partial charge is 0.463 e. The van der Waals surface area contributed by atoms with Gasteiger partial charge >= 0.3 is 5.97 Å². The Bertz CT molecular complexity index is 106. The highest BCUT2D eigenvalue weighted by atomic mass is 79.9. The second-order valence-electron chi connectivity index (χ2n) is 1.97. The maximum Gasteiger partial charge on any atom is 0.316 e. The summed E-state index contributed by atoms with van der Waals surface area (Å²) in [5.41, 5.74) is 0. The van der Waals surface area contributed by atoms with Gasteiger partial charge in [0.2, 0.25) is 0 Å². The molecule has 0 aromatic rings. The van der Waals surface area contributed by atoms with Crippen molar-refractivity contribution in [3.63, 3.8) is 0 Å². The lowest BCUT2D eigenvalue weighted by Crippen LogP contribution is -2.11. The van der Waals surface area contributed by atoms with Crippen LogP contribution < -0.4 is 0 Å². The molecule has 0 N–H and O–H groups in total. The third kappa shape index (κ3) is 7.81. The third-order valence-electron chi connectivity index (χ3n) is 0.948. The van der Waals surface area contributed by atoms with Crippen LogP contribution in [-0.4, -0.2) is 31.1 Å². The van der Waals surface area contributed by atoms with E-state index in [9.17, 15) is 4.79 Å². The Kier molecular flexibility index (Phi) is 7.95. The summed E-state index contributed by atoms with van der Waals surface area (Å²) in [6.45, 7) is 3.60. The molecule has 0 saturated heterocycles. The lowest BCUT2D eigenvalue weighted by Gasteiger charge is -2.02. The summed E-state index contributed by atoms with van der Waals surface area (Å²) in [4.78, 5) is 10.5. The molecule has 0 aliphatic carbocycles. The van der Waals surface area contributed by atoms with Crippen molar-refractivity contribution in [3.8, 4) is 0 Å². The van der Waals surface area contributed by atoms with Crippen LogP contribution in [0, 0.1) is 0 Å². The topological polar surface area (TPSA) is 35.5 Å². The van der Waals surface area contributed by atoms with E-state index in [4.69, 9.17) is 9.47 Å². The monoisotopic (exact) mass is 224 g/mol. The number of rotatable bonds is 6. The zero-order valence-corrected chi connectivity index (χ0v) is 8.22. The molecule has 0 radical (unpaired) electrons.